The third-order valence-corrected chi connectivity index (χ3v) is 3.80. The van der Waals surface area contributed by atoms with Crippen LogP contribution in [-0.4, -0.2) is 42.8 Å². The van der Waals surface area contributed by atoms with Crippen molar-refractivity contribution in [3.05, 3.63) is 0 Å². The molecule has 1 heterocycles. The van der Waals surface area contributed by atoms with Crippen LogP contribution in [0.2, 0.25) is 0 Å². The molecule has 1 aliphatic carbocycles. The fourth-order valence-electron chi connectivity index (χ4n) is 2.68. The van der Waals surface area contributed by atoms with Gasteiger partial charge < -0.3 is 5.32 Å². The molecule has 0 aromatic rings. The van der Waals surface area contributed by atoms with Crippen molar-refractivity contribution in [2.75, 3.05) is 19.6 Å². The molecule has 100 valence electrons. The van der Waals surface area contributed by atoms with Crippen molar-refractivity contribution >= 4 is 0 Å². The van der Waals surface area contributed by atoms with E-state index in [9.17, 15) is 13.2 Å². The van der Waals surface area contributed by atoms with Crippen molar-refractivity contribution in [1.29, 1.82) is 0 Å². The summed E-state index contributed by atoms with van der Waals surface area (Å²) in [4.78, 5) is 2.38. The lowest BCUT2D eigenvalue weighted by Crippen LogP contribution is -2.51. The lowest BCUT2D eigenvalue weighted by Gasteiger charge is -2.38. The predicted molar refractivity (Wildman–Crippen MR) is 60.8 cm³/mol. The predicted octanol–water partition coefficient (Wildman–Crippen LogP) is 2.40. The molecule has 17 heavy (non-hydrogen) atoms. The van der Waals surface area contributed by atoms with E-state index in [1.54, 1.807) is 0 Å². The van der Waals surface area contributed by atoms with Crippen LogP contribution in [0.1, 0.15) is 32.6 Å². The molecule has 2 unspecified atom stereocenters. The van der Waals surface area contributed by atoms with Gasteiger partial charge in [0.15, 0.2) is 0 Å². The molecule has 0 aromatic carbocycles. The Morgan fingerprint density at radius 3 is 2.47 bits per heavy atom. The third kappa shape index (κ3) is 4.14. The number of halogens is 3. The third-order valence-electron chi connectivity index (χ3n) is 3.80. The van der Waals surface area contributed by atoms with E-state index in [2.05, 4.69) is 17.1 Å². The van der Waals surface area contributed by atoms with Gasteiger partial charge in [-0.2, -0.15) is 13.2 Å². The summed E-state index contributed by atoms with van der Waals surface area (Å²) in [6.07, 6.45) is 0.303. The number of alkyl halides is 3. The fraction of sp³-hybridized carbons (Fsp3) is 1.00. The summed E-state index contributed by atoms with van der Waals surface area (Å²) in [5.41, 5.74) is 0. The Kier molecular flexibility index (Phi) is 3.98. The van der Waals surface area contributed by atoms with Crippen LogP contribution in [0, 0.1) is 5.92 Å². The Hall–Kier alpha value is -0.290. The van der Waals surface area contributed by atoms with Crippen LogP contribution in [0.25, 0.3) is 0 Å². The molecule has 5 heteroatoms. The Morgan fingerprint density at radius 2 is 1.94 bits per heavy atom. The summed E-state index contributed by atoms with van der Waals surface area (Å²) in [7, 11) is 0. The number of nitrogens with zero attached hydrogens (tertiary/aromatic N) is 1. The zero-order valence-electron chi connectivity index (χ0n) is 10.3. The molecule has 1 saturated carbocycles. The van der Waals surface area contributed by atoms with Crippen LogP contribution in [0.3, 0.4) is 0 Å². The van der Waals surface area contributed by atoms with Crippen LogP contribution in [0.5, 0.6) is 0 Å². The molecule has 1 N–H and O–H groups in total. The maximum Gasteiger partial charge on any atom is 0.401 e. The van der Waals surface area contributed by atoms with E-state index in [0.29, 0.717) is 12.0 Å². The van der Waals surface area contributed by atoms with Crippen LogP contribution < -0.4 is 5.32 Å². The van der Waals surface area contributed by atoms with Gasteiger partial charge in [-0.3, -0.25) is 4.90 Å². The number of rotatable bonds is 4. The summed E-state index contributed by atoms with van der Waals surface area (Å²) < 4.78 is 36.5. The zero-order chi connectivity index (χ0) is 12.5. The number of nitrogens with one attached hydrogen (secondary N) is 1. The van der Waals surface area contributed by atoms with Crippen molar-refractivity contribution in [1.82, 2.24) is 10.2 Å². The van der Waals surface area contributed by atoms with E-state index in [1.807, 2.05) is 0 Å². The largest absolute Gasteiger partial charge is 0.401 e. The minimum absolute atomic E-state index is 0.0101. The number of hydrogen-bond donors (Lipinski definition) is 1. The molecule has 2 rings (SSSR count). The SMILES string of the molecule is CCC1CC(NCC(F)(F)F)CN(C2CC2)C1. The Labute approximate surface area is 101 Å². The molecule has 2 atom stereocenters. The molecule has 0 aromatic heterocycles. The maximum atomic E-state index is 12.2. The monoisotopic (exact) mass is 250 g/mol. The molecule has 0 radical (unpaired) electrons. The van der Waals surface area contributed by atoms with Gasteiger partial charge in [-0.05, 0) is 25.2 Å². The Morgan fingerprint density at radius 1 is 1.24 bits per heavy atom. The molecule has 2 aliphatic rings. The highest BCUT2D eigenvalue weighted by molar-refractivity contribution is 4.92. The molecular formula is C12H21F3N2. The van der Waals surface area contributed by atoms with Crippen molar-refractivity contribution < 1.29 is 13.2 Å². The minimum Gasteiger partial charge on any atom is -0.305 e. The van der Waals surface area contributed by atoms with E-state index in [1.165, 1.54) is 12.8 Å². The normalized spacial score (nSPS) is 31.8. The molecule has 1 saturated heterocycles. The van der Waals surface area contributed by atoms with E-state index in [-0.39, 0.29) is 6.04 Å². The highest BCUT2D eigenvalue weighted by Crippen LogP contribution is 2.32. The van der Waals surface area contributed by atoms with Gasteiger partial charge in [0.25, 0.3) is 0 Å². The highest BCUT2D eigenvalue weighted by atomic mass is 19.4. The number of piperidine rings is 1. The lowest BCUT2D eigenvalue weighted by atomic mass is 9.92. The first-order chi connectivity index (χ1) is 7.98. The summed E-state index contributed by atoms with van der Waals surface area (Å²) in [5, 5.41) is 2.67. The second kappa shape index (κ2) is 5.14. The molecule has 1 aliphatic heterocycles. The fourth-order valence-corrected chi connectivity index (χ4v) is 2.68. The second-order valence-electron chi connectivity index (χ2n) is 5.39. The average Bonchev–Trinajstić information content (AvgIpc) is 3.08. The zero-order valence-corrected chi connectivity index (χ0v) is 10.3. The number of hydrogen-bond acceptors (Lipinski definition) is 2. The summed E-state index contributed by atoms with van der Waals surface area (Å²) in [6, 6.07) is 0.662. The van der Waals surface area contributed by atoms with Crippen LogP contribution in [0.4, 0.5) is 13.2 Å². The minimum atomic E-state index is -4.09. The van der Waals surface area contributed by atoms with Gasteiger partial charge >= 0.3 is 6.18 Å². The maximum absolute atomic E-state index is 12.2. The van der Waals surface area contributed by atoms with E-state index >= 15 is 0 Å². The first-order valence-corrected chi connectivity index (χ1v) is 6.52. The summed E-state index contributed by atoms with van der Waals surface area (Å²) in [6.45, 7) is 3.14. The molecule has 0 amide bonds. The van der Waals surface area contributed by atoms with Crippen LogP contribution in [-0.2, 0) is 0 Å². The molecule has 2 fully saturated rings. The highest BCUT2D eigenvalue weighted by Gasteiger charge is 2.36. The quantitative estimate of drug-likeness (QED) is 0.824. The Balaban J connectivity index is 1.83. The summed E-state index contributed by atoms with van der Waals surface area (Å²) in [5.74, 6) is 0.551. The van der Waals surface area contributed by atoms with Gasteiger partial charge in [-0.1, -0.05) is 13.3 Å². The van der Waals surface area contributed by atoms with Gasteiger partial charge in [-0.15, -0.1) is 0 Å². The molecular weight excluding hydrogens is 229 g/mol. The first-order valence-electron chi connectivity index (χ1n) is 6.52. The van der Waals surface area contributed by atoms with Crippen molar-refractivity contribution in [3.8, 4) is 0 Å². The van der Waals surface area contributed by atoms with E-state index < -0.39 is 12.7 Å². The smallest absolute Gasteiger partial charge is 0.305 e. The second-order valence-corrected chi connectivity index (χ2v) is 5.39. The van der Waals surface area contributed by atoms with Gasteiger partial charge in [0, 0.05) is 25.2 Å². The van der Waals surface area contributed by atoms with Crippen molar-refractivity contribution in [3.63, 3.8) is 0 Å². The topological polar surface area (TPSA) is 15.3 Å². The molecule has 2 nitrogen and oxygen atoms in total. The molecule has 0 spiro atoms. The molecule has 0 bridgehead atoms. The van der Waals surface area contributed by atoms with Gasteiger partial charge in [0.2, 0.25) is 0 Å². The van der Waals surface area contributed by atoms with Crippen molar-refractivity contribution in [2.24, 2.45) is 5.92 Å². The van der Waals surface area contributed by atoms with Crippen molar-refractivity contribution in [2.45, 2.75) is 50.9 Å². The van der Waals surface area contributed by atoms with E-state index in [0.717, 1.165) is 25.9 Å². The standard InChI is InChI=1S/C12H21F3N2/c1-2-9-5-10(16-8-12(13,14)15)7-17(6-9)11-3-4-11/h9-11,16H,2-8H2,1H3. The van der Waals surface area contributed by atoms with Gasteiger partial charge in [-0.25, -0.2) is 0 Å². The van der Waals surface area contributed by atoms with Gasteiger partial charge in [0.05, 0.1) is 6.54 Å². The van der Waals surface area contributed by atoms with Crippen LogP contribution >= 0.6 is 0 Å². The lowest BCUT2D eigenvalue weighted by molar-refractivity contribution is -0.127. The number of likely N-dealkylation sites (tertiary alicyclic amines) is 1. The van der Waals surface area contributed by atoms with Crippen LogP contribution in [0.15, 0.2) is 0 Å². The first kappa shape index (κ1) is 13.1. The van der Waals surface area contributed by atoms with Gasteiger partial charge in [0.1, 0.15) is 0 Å². The Bertz CT molecular complexity index is 251. The van der Waals surface area contributed by atoms with E-state index in [4.69, 9.17) is 0 Å². The summed E-state index contributed by atoms with van der Waals surface area (Å²) >= 11 is 0. The average molecular weight is 250 g/mol.